The highest BCUT2D eigenvalue weighted by atomic mass is 16.3. The molecule has 0 aromatic carbocycles. The van der Waals surface area contributed by atoms with E-state index in [-0.39, 0.29) is 17.5 Å². The monoisotopic (exact) mass is 337 g/mol. The van der Waals surface area contributed by atoms with Gasteiger partial charge in [0.15, 0.2) is 5.69 Å². The number of carbonyl (C=O) groups excluding carboxylic acids is 2. The van der Waals surface area contributed by atoms with Gasteiger partial charge in [0.2, 0.25) is 11.8 Å². The van der Waals surface area contributed by atoms with Gasteiger partial charge in [-0.3, -0.25) is 9.59 Å². The van der Waals surface area contributed by atoms with Gasteiger partial charge in [-0.2, -0.15) is 0 Å². The minimum absolute atomic E-state index is 0.106. The molecule has 1 rings (SSSR count). The summed E-state index contributed by atoms with van der Waals surface area (Å²) < 4.78 is 5.39. The molecule has 1 N–H and O–H groups in total. The largest absolute Gasteiger partial charge is 0.446 e. The standard InChI is InChI=1S/C18H31N3O3/c1-6-7-8-17(22)21(10-14(4)5)11-16-20-15(12-24-16)18(23)19-9-13(2)3/h12-14H,6-11H2,1-5H3,(H,19,23). The molecule has 0 atom stereocenters. The third kappa shape index (κ3) is 7.15. The predicted octanol–water partition coefficient (Wildman–Crippen LogP) is 3.24. The number of aromatic nitrogens is 1. The molecule has 24 heavy (non-hydrogen) atoms. The first kappa shape index (κ1) is 20.2. The molecule has 6 nitrogen and oxygen atoms in total. The summed E-state index contributed by atoms with van der Waals surface area (Å²) in [7, 11) is 0. The van der Waals surface area contributed by atoms with Crippen molar-refractivity contribution in [1.82, 2.24) is 15.2 Å². The van der Waals surface area contributed by atoms with Crippen molar-refractivity contribution in [2.24, 2.45) is 11.8 Å². The van der Waals surface area contributed by atoms with Gasteiger partial charge in [-0.15, -0.1) is 0 Å². The van der Waals surface area contributed by atoms with Gasteiger partial charge in [0.1, 0.15) is 6.26 Å². The van der Waals surface area contributed by atoms with E-state index >= 15 is 0 Å². The molecule has 0 unspecified atom stereocenters. The van der Waals surface area contributed by atoms with E-state index in [4.69, 9.17) is 4.42 Å². The average molecular weight is 337 g/mol. The molecule has 0 radical (unpaired) electrons. The Morgan fingerprint density at radius 3 is 2.54 bits per heavy atom. The van der Waals surface area contributed by atoms with Crippen molar-refractivity contribution >= 4 is 11.8 Å². The molecule has 0 aliphatic carbocycles. The molecular weight excluding hydrogens is 306 g/mol. The van der Waals surface area contributed by atoms with Gasteiger partial charge >= 0.3 is 0 Å². The molecule has 0 saturated carbocycles. The SMILES string of the molecule is CCCCC(=O)N(Cc1nc(C(=O)NCC(C)C)co1)CC(C)C. The fourth-order valence-corrected chi connectivity index (χ4v) is 2.22. The number of unbranched alkanes of at least 4 members (excludes halogenated alkanes) is 1. The number of carbonyl (C=O) groups is 2. The minimum atomic E-state index is -0.244. The minimum Gasteiger partial charge on any atom is -0.446 e. The topological polar surface area (TPSA) is 75.4 Å². The van der Waals surface area contributed by atoms with Crippen molar-refractivity contribution in [3.8, 4) is 0 Å². The number of rotatable bonds is 10. The molecule has 6 heteroatoms. The second kappa shape index (κ2) is 10.1. The number of oxazole rings is 1. The molecule has 0 aliphatic heterocycles. The summed E-state index contributed by atoms with van der Waals surface area (Å²) in [5, 5.41) is 2.81. The van der Waals surface area contributed by atoms with E-state index in [1.165, 1.54) is 6.26 Å². The molecule has 2 amide bonds. The zero-order chi connectivity index (χ0) is 18.1. The second-order valence-corrected chi connectivity index (χ2v) is 7.00. The predicted molar refractivity (Wildman–Crippen MR) is 93.5 cm³/mol. The zero-order valence-electron chi connectivity index (χ0n) is 15.6. The normalized spacial score (nSPS) is 11.1. The van der Waals surface area contributed by atoms with E-state index in [2.05, 4.69) is 31.1 Å². The van der Waals surface area contributed by atoms with E-state index < -0.39 is 0 Å². The Morgan fingerprint density at radius 2 is 1.96 bits per heavy atom. The van der Waals surface area contributed by atoms with Crippen LogP contribution in [0.4, 0.5) is 0 Å². The van der Waals surface area contributed by atoms with Crippen LogP contribution in [0, 0.1) is 11.8 Å². The van der Waals surface area contributed by atoms with Gasteiger partial charge in [-0.25, -0.2) is 4.98 Å². The number of nitrogens with one attached hydrogen (secondary N) is 1. The third-order valence-electron chi connectivity index (χ3n) is 3.46. The van der Waals surface area contributed by atoms with E-state index in [9.17, 15) is 9.59 Å². The van der Waals surface area contributed by atoms with Gasteiger partial charge in [-0.1, -0.05) is 41.0 Å². The summed E-state index contributed by atoms with van der Waals surface area (Å²) in [6, 6.07) is 0. The first-order valence-corrected chi connectivity index (χ1v) is 8.83. The first-order chi connectivity index (χ1) is 11.3. The average Bonchev–Trinajstić information content (AvgIpc) is 2.97. The molecule has 136 valence electrons. The Labute approximate surface area is 145 Å². The maximum absolute atomic E-state index is 12.3. The van der Waals surface area contributed by atoms with Crippen molar-refractivity contribution in [2.45, 2.75) is 60.4 Å². The Balaban J connectivity index is 2.69. The highest BCUT2D eigenvalue weighted by Crippen LogP contribution is 2.11. The highest BCUT2D eigenvalue weighted by molar-refractivity contribution is 5.91. The molecule has 1 heterocycles. The highest BCUT2D eigenvalue weighted by Gasteiger charge is 2.19. The van der Waals surface area contributed by atoms with Crippen molar-refractivity contribution in [1.29, 1.82) is 0 Å². The van der Waals surface area contributed by atoms with E-state index in [0.29, 0.717) is 43.8 Å². The number of hydrogen-bond acceptors (Lipinski definition) is 4. The van der Waals surface area contributed by atoms with Gasteiger partial charge in [0, 0.05) is 19.5 Å². The number of nitrogens with zero attached hydrogens (tertiary/aromatic N) is 2. The summed E-state index contributed by atoms with van der Waals surface area (Å²) in [6.45, 7) is 11.8. The fraction of sp³-hybridized carbons (Fsp3) is 0.722. The summed E-state index contributed by atoms with van der Waals surface area (Å²) in [5.41, 5.74) is 0.260. The van der Waals surface area contributed by atoms with E-state index in [1.807, 2.05) is 13.8 Å². The molecule has 0 aliphatic rings. The molecular formula is C18H31N3O3. The second-order valence-electron chi connectivity index (χ2n) is 7.00. The summed E-state index contributed by atoms with van der Waals surface area (Å²) >= 11 is 0. The van der Waals surface area contributed by atoms with Crippen LogP contribution >= 0.6 is 0 Å². The number of hydrogen-bond donors (Lipinski definition) is 1. The Morgan fingerprint density at radius 1 is 1.25 bits per heavy atom. The maximum atomic E-state index is 12.3. The van der Waals surface area contributed by atoms with Crippen molar-refractivity contribution in [2.75, 3.05) is 13.1 Å². The van der Waals surface area contributed by atoms with Crippen LogP contribution in [0.15, 0.2) is 10.7 Å². The van der Waals surface area contributed by atoms with Gasteiger partial charge < -0.3 is 14.6 Å². The van der Waals surface area contributed by atoms with Crippen LogP contribution in [0.5, 0.6) is 0 Å². The molecule has 1 aromatic heterocycles. The molecule has 0 saturated heterocycles. The van der Waals surface area contributed by atoms with Crippen LogP contribution in [0.3, 0.4) is 0 Å². The lowest BCUT2D eigenvalue weighted by molar-refractivity contribution is -0.132. The third-order valence-corrected chi connectivity index (χ3v) is 3.46. The van der Waals surface area contributed by atoms with Crippen molar-refractivity contribution in [3.05, 3.63) is 17.8 Å². The van der Waals surface area contributed by atoms with Crippen LogP contribution in [0.1, 0.15) is 70.3 Å². The first-order valence-electron chi connectivity index (χ1n) is 8.83. The Bertz CT molecular complexity index is 523. The quantitative estimate of drug-likeness (QED) is 0.711. The maximum Gasteiger partial charge on any atom is 0.273 e. The van der Waals surface area contributed by atoms with Gasteiger partial charge in [0.25, 0.3) is 5.91 Å². The van der Waals surface area contributed by atoms with Gasteiger partial charge in [0.05, 0.1) is 6.54 Å². The van der Waals surface area contributed by atoms with E-state index in [1.54, 1.807) is 4.90 Å². The van der Waals surface area contributed by atoms with E-state index in [0.717, 1.165) is 12.8 Å². The lowest BCUT2D eigenvalue weighted by atomic mass is 10.1. The molecule has 1 aromatic rings. The van der Waals surface area contributed by atoms with Crippen LogP contribution in [0.2, 0.25) is 0 Å². The Kier molecular flexibility index (Phi) is 8.50. The van der Waals surface area contributed by atoms with Crippen LogP contribution in [0.25, 0.3) is 0 Å². The van der Waals surface area contributed by atoms with Crippen LogP contribution in [-0.4, -0.2) is 34.8 Å². The smallest absolute Gasteiger partial charge is 0.273 e. The van der Waals surface area contributed by atoms with Crippen LogP contribution in [-0.2, 0) is 11.3 Å². The van der Waals surface area contributed by atoms with Crippen molar-refractivity contribution in [3.63, 3.8) is 0 Å². The summed E-state index contributed by atoms with van der Waals surface area (Å²) in [4.78, 5) is 30.3. The summed E-state index contributed by atoms with van der Waals surface area (Å²) in [6.07, 6.45) is 3.75. The zero-order valence-corrected chi connectivity index (χ0v) is 15.6. The fourth-order valence-electron chi connectivity index (χ4n) is 2.22. The number of amides is 2. The van der Waals surface area contributed by atoms with Crippen molar-refractivity contribution < 1.29 is 14.0 Å². The molecule has 0 bridgehead atoms. The van der Waals surface area contributed by atoms with Gasteiger partial charge in [-0.05, 0) is 18.3 Å². The lowest BCUT2D eigenvalue weighted by Crippen LogP contribution is -2.33. The lowest BCUT2D eigenvalue weighted by Gasteiger charge is -2.23. The summed E-state index contributed by atoms with van der Waals surface area (Å²) in [5.74, 6) is 0.994. The Hall–Kier alpha value is -1.85. The van der Waals surface area contributed by atoms with Crippen LogP contribution < -0.4 is 5.32 Å². The molecule has 0 spiro atoms. The molecule has 0 fully saturated rings.